The third-order valence-electron chi connectivity index (χ3n) is 2.84. The second-order valence-electron chi connectivity index (χ2n) is 3.98. The number of hydrogen-bond acceptors (Lipinski definition) is 2. The Balaban J connectivity index is 2.17. The zero-order valence-electron chi connectivity index (χ0n) is 8.32. The maximum atomic E-state index is 11.3. The van der Waals surface area contributed by atoms with Crippen LogP contribution in [-0.2, 0) is 15.7 Å². The van der Waals surface area contributed by atoms with Crippen molar-refractivity contribution in [1.82, 2.24) is 0 Å². The summed E-state index contributed by atoms with van der Waals surface area (Å²) in [6, 6.07) is 7.91. The molecule has 4 heteroatoms. The molecule has 1 saturated heterocycles. The minimum absolute atomic E-state index is 0.180. The minimum Gasteiger partial charge on any atom is -0.229 e. The molecular formula is C11H13ClO2S. The standard InChI is InChI=1S/C11H13ClO2S/c12-7-9-1-3-10(4-2-9)11-5-6-15(13,14)8-11/h1-4,11H,5-8H2. The highest BCUT2D eigenvalue weighted by Crippen LogP contribution is 2.28. The fourth-order valence-electron chi connectivity index (χ4n) is 1.94. The molecule has 2 nitrogen and oxygen atoms in total. The van der Waals surface area contributed by atoms with Crippen molar-refractivity contribution in [3.63, 3.8) is 0 Å². The first-order valence-electron chi connectivity index (χ1n) is 4.96. The Hall–Kier alpha value is -0.540. The molecule has 0 radical (unpaired) electrons. The van der Waals surface area contributed by atoms with Gasteiger partial charge in [-0.25, -0.2) is 8.42 Å². The largest absolute Gasteiger partial charge is 0.229 e. The number of hydrogen-bond donors (Lipinski definition) is 0. The van der Waals surface area contributed by atoms with Crippen LogP contribution in [0.1, 0.15) is 23.5 Å². The van der Waals surface area contributed by atoms with Gasteiger partial charge in [0, 0.05) is 5.88 Å². The van der Waals surface area contributed by atoms with Crippen LogP contribution in [0.3, 0.4) is 0 Å². The molecule has 1 aliphatic rings. The Morgan fingerprint density at radius 2 is 1.93 bits per heavy atom. The van der Waals surface area contributed by atoms with E-state index in [0.29, 0.717) is 17.4 Å². The molecule has 1 heterocycles. The van der Waals surface area contributed by atoms with E-state index in [2.05, 4.69) is 0 Å². The predicted octanol–water partition coefficient (Wildman–Crippen LogP) is 2.33. The lowest BCUT2D eigenvalue weighted by Crippen LogP contribution is -2.03. The van der Waals surface area contributed by atoms with Gasteiger partial charge in [-0.3, -0.25) is 0 Å². The smallest absolute Gasteiger partial charge is 0.150 e. The molecule has 1 atom stereocenters. The maximum Gasteiger partial charge on any atom is 0.150 e. The van der Waals surface area contributed by atoms with E-state index in [4.69, 9.17) is 11.6 Å². The molecule has 0 amide bonds. The average Bonchev–Trinajstić information content (AvgIpc) is 2.59. The van der Waals surface area contributed by atoms with Gasteiger partial charge in [-0.2, -0.15) is 0 Å². The fourth-order valence-corrected chi connectivity index (χ4v) is 3.90. The first-order chi connectivity index (χ1) is 7.11. The van der Waals surface area contributed by atoms with E-state index in [0.717, 1.165) is 17.5 Å². The summed E-state index contributed by atoms with van der Waals surface area (Å²) in [5, 5.41) is 0. The van der Waals surface area contributed by atoms with Crippen molar-refractivity contribution < 1.29 is 8.42 Å². The number of rotatable bonds is 2. The molecule has 15 heavy (non-hydrogen) atoms. The van der Waals surface area contributed by atoms with Crippen LogP contribution >= 0.6 is 11.6 Å². The molecular weight excluding hydrogens is 232 g/mol. The Morgan fingerprint density at radius 3 is 2.40 bits per heavy atom. The second-order valence-corrected chi connectivity index (χ2v) is 6.47. The first kappa shape index (κ1) is 11.0. The molecule has 1 aromatic rings. The SMILES string of the molecule is O=S1(=O)CCC(c2ccc(CCl)cc2)C1. The van der Waals surface area contributed by atoms with Crippen LogP contribution in [0.25, 0.3) is 0 Å². The zero-order valence-corrected chi connectivity index (χ0v) is 9.89. The molecule has 0 N–H and O–H groups in total. The van der Waals surface area contributed by atoms with Gasteiger partial charge in [-0.1, -0.05) is 24.3 Å². The van der Waals surface area contributed by atoms with E-state index in [1.165, 1.54) is 0 Å². The molecule has 0 saturated carbocycles. The Labute approximate surface area is 95.2 Å². The first-order valence-corrected chi connectivity index (χ1v) is 7.31. The maximum absolute atomic E-state index is 11.3. The number of benzene rings is 1. The van der Waals surface area contributed by atoms with Gasteiger partial charge in [0.15, 0.2) is 9.84 Å². The number of halogens is 1. The van der Waals surface area contributed by atoms with Crippen LogP contribution in [0.5, 0.6) is 0 Å². The molecule has 1 aliphatic heterocycles. The third-order valence-corrected chi connectivity index (χ3v) is 4.91. The van der Waals surface area contributed by atoms with Crippen molar-refractivity contribution in [3.8, 4) is 0 Å². The molecule has 2 rings (SSSR count). The Bertz CT molecular complexity index is 436. The number of alkyl halides is 1. The minimum atomic E-state index is -2.79. The Kier molecular flexibility index (Phi) is 3.03. The Morgan fingerprint density at radius 1 is 1.27 bits per heavy atom. The lowest BCUT2D eigenvalue weighted by Gasteiger charge is -2.08. The van der Waals surface area contributed by atoms with Crippen molar-refractivity contribution in [2.45, 2.75) is 18.2 Å². The fraction of sp³-hybridized carbons (Fsp3) is 0.455. The van der Waals surface area contributed by atoms with Crippen LogP contribution in [-0.4, -0.2) is 19.9 Å². The van der Waals surface area contributed by atoms with E-state index in [1.807, 2.05) is 24.3 Å². The topological polar surface area (TPSA) is 34.1 Å². The molecule has 1 aromatic carbocycles. The van der Waals surface area contributed by atoms with Crippen LogP contribution in [0.4, 0.5) is 0 Å². The summed E-state index contributed by atoms with van der Waals surface area (Å²) in [4.78, 5) is 0. The quantitative estimate of drug-likeness (QED) is 0.749. The molecule has 0 aliphatic carbocycles. The van der Waals surface area contributed by atoms with E-state index in [1.54, 1.807) is 0 Å². The summed E-state index contributed by atoms with van der Waals surface area (Å²) in [6.07, 6.45) is 0.753. The summed E-state index contributed by atoms with van der Waals surface area (Å²) in [5.41, 5.74) is 2.19. The summed E-state index contributed by atoms with van der Waals surface area (Å²) in [7, 11) is -2.79. The molecule has 0 spiro atoms. The van der Waals surface area contributed by atoms with Crippen molar-refractivity contribution in [2.24, 2.45) is 0 Å². The summed E-state index contributed by atoms with van der Waals surface area (Å²) in [5.74, 6) is 1.31. The predicted molar refractivity (Wildman–Crippen MR) is 62.0 cm³/mol. The molecule has 0 aromatic heterocycles. The third kappa shape index (κ3) is 2.52. The zero-order chi connectivity index (χ0) is 10.9. The summed E-state index contributed by atoms with van der Waals surface area (Å²) in [6.45, 7) is 0. The molecule has 0 bridgehead atoms. The van der Waals surface area contributed by atoms with Gasteiger partial charge in [0.05, 0.1) is 11.5 Å². The van der Waals surface area contributed by atoms with Gasteiger partial charge in [-0.15, -0.1) is 11.6 Å². The average molecular weight is 245 g/mol. The summed E-state index contributed by atoms with van der Waals surface area (Å²) < 4.78 is 22.6. The van der Waals surface area contributed by atoms with Gasteiger partial charge in [0.1, 0.15) is 0 Å². The number of sulfone groups is 1. The van der Waals surface area contributed by atoms with Gasteiger partial charge in [0.2, 0.25) is 0 Å². The van der Waals surface area contributed by atoms with Gasteiger partial charge < -0.3 is 0 Å². The van der Waals surface area contributed by atoms with Crippen molar-refractivity contribution in [3.05, 3.63) is 35.4 Å². The normalized spacial score (nSPS) is 24.2. The van der Waals surface area contributed by atoms with E-state index >= 15 is 0 Å². The van der Waals surface area contributed by atoms with Gasteiger partial charge in [0.25, 0.3) is 0 Å². The van der Waals surface area contributed by atoms with Crippen LogP contribution in [0.15, 0.2) is 24.3 Å². The van der Waals surface area contributed by atoms with Crippen molar-refractivity contribution in [1.29, 1.82) is 0 Å². The van der Waals surface area contributed by atoms with Crippen LogP contribution < -0.4 is 0 Å². The monoisotopic (exact) mass is 244 g/mol. The van der Waals surface area contributed by atoms with Crippen molar-refractivity contribution >= 4 is 21.4 Å². The van der Waals surface area contributed by atoms with Crippen LogP contribution in [0, 0.1) is 0 Å². The highest BCUT2D eigenvalue weighted by atomic mass is 35.5. The lowest BCUT2D eigenvalue weighted by molar-refractivity contribution is 0.601. The molecule has 1 fully saturated rings. The van der Waals surface area contributed by atoms with Crippen molar-refractivity contribution in [2.75, 3.05) is 11.5 Å². The lowest BCUT2D eigenvalue weighted by atomic mass is 9.98. The van der Waals surface area contributed by atoms with E-state index in [-0.39, 0.29) is 5.92 Å². The summed E-state index contributed by atoms with van der Waals surface area (Å²) >= 11 is 5.69. The second kappa shape index (κ2) is 4.14. The van der Waals surface area contributed by atoms with Gasteiger partial charge in [-0.05, 0) is 23.5 Å². The van der Waals surface area contributed by atoms with Crippen LogP contribution in [0.2, 0.25) is 0 Å². The highest BCUT2D eigenvalue weighted by Gasteiger charge is 2.28. The molecule has 82 valence electrons. The van der Waals surface area contributed by atoms with E-state index in [9.17, 15) is 8.42 Å². The van der Waals surface area contributed by atoms with E-state index < -0.39 is 9.84 Å². The highest BCUT2D eigenvalue weighted by molar-refractivity contribution is 7.91. The molecule has 1 unspecified atom stereocenters. The van der Waals surface area contributed by atoms with Gasteiger partial charge >= 0.3 is 0 Å².